The molecule has 0 aliphatic rings. The number of aryl methyl sites for hydroxylation is 1. The lowest BCUT2D eigenvalue weighted by molar-refractivity contribution is 0.620. The summed E-state index contributed by atoms with van der Waals surface area (Å²) in [6.07, 6.45) is 0. The fourth-order valence-electron chi connectivity index (χ4n) is 2.46. The Labute approximate surface area is 118 Å². The molecule has 2 aromatic carbocycles. The molecule has 1 heterocycles. The largest absolute Gasteiger partial charge is 0.271 e. The Hall–Kier alpha value is -2.23. The molecule has 20 heavy (non-hydrogen) atoms. The molecule has 3 aromatic rings. The molecule has 3 nitrogen and oxygen atoms in total. The van der Waals surface area contributed by atoms with E-state index in [0.717, 1.165) is 17.0 Å². The predicted molar refractivity (Wildman–Crippen MR) is 82.1 cm³/mol. The van der Waals surface area contributed by atoms with E-state index in [-0.39, 0.29) is 6.04 Å². The maximum atomic E-state index is 5.74. The van der Waals surface area contributed by atoms with Crippen molar-refractivity contribution in [2.45, 2.75) is 13.0 Å². The van der Waals surface area contributed by atoms with E-state index in [4.69, 9.17) is 5.84 Å². The molecule has 3 N–H and O–H groups in total. The molecule has 0 radical (unpaired) electrons. The zero-order valence-electron chi connectivity index (χ0n) is 11.4. The highest BCUT2D eigenvalue weighted by atomic mass is 15.2. The highest BCUT2D eigenvalue weighted by Gasteiger charge is 2.14. The van der Waals surface area contributed by atoms with Crippen LogP contribution in [0.4, 0.5) is 0 Å². The van der Waals surface area contributed by atoms with Crippen LogP contribution in [-0.4, -0.2) is 4.98 Å². The van der Waals surface area contributed by atoms with Crippen molar-refractivity contribution in [2.75, 3.05) is 0 Å². The van der Waals surface area contributed by atoms with Gasteiger partial charge in [0.1, 0.15) is 0 Å². The van der Waals surface area contributed by atoms with Gasteiger partial charge in [0.2, 0.25) is 0 Å². The van der Waals surface area contributed by atoms with Crippen LogP contribution in [0.1, 0.15) is 23.0 Å². The average Bonchev–Trinajstić information content (AvgIpc) is 2.48. The van der Waals surface area contributed by atoms with E-state index >= 15 is 0 Å². The summed E-state index contributed by atoms with van der Waals surface area (Å²) in [6, 6.07) is 20.5. The Kier molecular flexibility index (Phi) is 3.46. The Balaban J connectivity index is 2.07. The second-order valence-electron chi connectivity index (χ2n) is 4.91. The number of nitrogens with zero attached hydrogens (tertiary/aromatic N) is 1. The lowest BCUT2D eigenvalue weighted by atomic mass is 9.99. The molecule has 0 saturated carbocycles. The van der Waals surface area contributed by atoms with Gasteiger partial charge in [0, 0.05) is 5.69 Å². The van der Waals surface area contributed by atoms with Gasteiger partial charge in [0.05, 0.1) is 11.7 Å². The molecule has 0 aliphatic heterocycles. The van der Waals surface area contributed by atoms with Crippen LogP contribution in [-0.2, 0) is 0 Å². The van der Waals surface area contributed by atoms with Crippen LogP contribution in [0.5, 0.6) is 0 Å². The van der Waals surface area contributed by atoms with Gasteiger partial charge in [-0.3, -0.25) is 10.8 Å². The Morgan fingerprint density at radius 1 is 0.950 bits per heavy atom. The molecule has 1 atom stereocenters. The van der Waals surface area contributed by atoms with Crippen LogP contribution < -0.4 is 11.3 Å². The van der Waals surface area contributed by atoms with Gasteiger partial charge in [-0.25, -0.2) is 5.43 Å². The fourth-order valence-corrected chi connectivity index (χ4v) is 2.46. The minimum atomic E-state index is -0.0977. The second kappa shape index (κ2) is 5.41. The smallest absolute Gasteiger partial charge is 0.0881 e. The van der Waals surface area contributed by atoms with E-state index in [1.165, 1.54) is 10.8 Å². The number of fused-ring (bicyclic) bond motifs is 1. The topological polar surface area (TPSA) is 50.9 Å². The molecule has 100 valence electrons. The molecule has 0 aliphatic carbocycles. The van der Waals surface area contributed by atoms with Crippen LogP contribution >= 0.6 is 0 Å². The van der Waals surface area contributed by atoms with E-state index in [0.29, 0.717) is 0 Å². The first kappa shape index (κ1) is 12.8. The molecule has 0 saturated heterocycles. The lowest BCUT2D eigenvalue weighted by Crippen LogP contribution is -2.29. The molecule has 0 fully saturated rings. The predicted octanol–water partition coefficient (Wildman–Crippen LogP) is 3.10. The van der Waals surface area contributed by atoms with Gasteiger partial charge < -0.3 is 0 Å². The van der Waals surface area contributed by atoms with Gasteiger partial charge in [-0.05, 0) is 41.5 Å². The lowest BCUT2D eigenvalue weighted by Gasteiger charge is -2.17. The number of rotatable bonds is 3. The summed E-state index contributed by atoms with van der Waals surface area (Å²) in [5, 5.41) is 2.43. The van der Waals surface area contributed by atoms with Crippen molar-refractivity contribution in [3.63, 3.8) is 0 Å². The van der Waals surface area contributed by atoms with Gasteiger partial charge in [-0.15, -0.1) is 0 Å². The minimum absolute atomic E-state index is 0.0977. The van der Waals surface area contributed by atoms with Gasteiger partial charge in [0.25, 0.3) is 0 Å². The van der Waals surface area contributed by atoms with Crippen LogP contribution in [0, 0.1) is 6.92 Å². The van der Waals surface area contributed by atoms with Gasteiger partial charge >= 0.3 is 0 Å². The highest BCUT2D eigenvalue weighted by Crippen LogP contribution is 2.24. The molecule has 0 spiro atoms. The molecular formula is C17H17N3. The number of hydrogen-bond acceptors (Lipinski definition) is 3. The maximum absolute atomic E-state index is 5.74. The third kappa shape index (κ3) is 2.41. The van der Waals surface area contributed by atoms with E-state index in [9.17, 15) is 0 Å². The number of hydrogen-bond donors (Lipinski definition) is 2. The van der Waals surface area contributed by atoms with Crippen LogP contribution in [0.2, 0.25) is 0 Å². The number of hydrazine groups is 1. The van der Waals surface area contributed by atoms with E-state index < -0.39 is 0 Å². The summed E-state index contributed by atoms with van der Waals surface area (Å²) in [5.74, 6) is 5.74. The van der Waals surface area contributed by atoms with Crippen molar-refractivity contribution in [1.82, 2.24) is 10.4 Å². The van der Waals surface area contributed by atoms with E-state index in [1.807, 2.05) is 37.3 Å². The first-order valence-electron chi connectivity index (χ1n) is 6.66. The third-order valence-electron chi connectivity index (χ3n) is 3.48. The molecule has 0 bridgehead atoms. The first-order chi connectivity index (χ1) is 9.78. The fraction of sp³-hybridized carbons (Fsp3) is 0.118. The molecule has 1 aromatic heterocycles. The number of aromatic nitrogens is 1. The molecule has 1 unspecified atom stereocenters. The van der Waals surface area contributed by atoms with Crippen molar-refractivity contribution in [1.29, 1.82) is 0 Å². The normalized spacial score (nSPS) is 12.5. The summed E-state index contributed by atoms with van der Waals surface area (Å²) < 4.78 is 0. The Morgan fingerprint density at radius 3 is 2.50 bits per heavy atom. The van der Waals surface area contributed by atoms with Crippen molar-refractivity contribution in [3.8, 4) is 0 Å². The number of pyridine rings is 1. The Bertz CT molecular complexity index is 737. The summed E-state index contributed by atoms with van der Waals surface area (Å²) in [5.41, 5.74) is 5.90. The van der Waals surface area contributed by atoms with Crippen molar-refractivity contribution in [2.24, 2.45) is 5.84 Å². The summed E-state index contributed by atoms with van der Waals surface area (Å²) >= 11 is 0. The van der Waals surface area contributed by atoms with Crippen LogP contribution in [0.25, 0.3) is 10.8 Å². The van der Waals surface area contributed by atoms with E-state index in [2.05, 4.69) is 40.7 Å². The van der Waals surface area contributed by atoms with Gasteiger partial charge in [0.15, 0.2) is 0 Å². The number of nitrogens with two attached hydrogens (primary N) is 1. The summed E-state index contributed by atoms with van der Waals surface area (Å²) in [6.45, 7) is 1.98. The maximum Gasteiger partial charge on any atom is 0.0881 e. The van der Waals surface area contributed by atoms with Crippen molar-refractivity contribution >= 4 is 10.8 Å². The summed E-state index contributed by atoms with van der Waals surface area (Å²) in [7, 11) is 0. The van der Waals surface area contributed by atoms with Gasteiger partial charge in [-0.2, -0.15) is 0 Å². The monoisotopic (exact) mass is 263 g/mol. The zero-order chi connectivity index (χ0) is 13.9. The molecule has 0 amide bonds. The van der Waals surface area contributed by atoms with Crippen LogP contribution in [0.3, 0.4) is 0 Å². The van der Waals surface area contributed by atoms with Gasteiger partial charge in [-0.1, -0.05) is 42.5 Å². The zero-order valence-corrected chi connectivity index (χ0v) is 11.4. The Morgan fingerprint density at radius 2 is 1.75 bits per heavy atom. The summed E-state index contributed by atoms with van der Waals surface area (Å²) in [4.78, 5) is 4.56. The quantitative estimate of drug-likeness (QED) is 0.564. The standard InChI is InChI=1S/C17H17N3/c1-12-5-4-8-16(19-12)17(20-18)15-10-9-13-6-2-3-7-14(13)11-15/h2-11,17,20H,18H2,1H3. The average molecular weight is 263 g/mol. The van der Waals surface area contributed by atoms with E-state index in [1.54, 1.807) is 0 Å². The van der Waals surface area contributed by atoms with Crippen molar-refractivity contribution in [3.05, 3.63) is 77.6 Å². The minimum Gasteiger partial charge on any atom is -0.271 e. The molecule has 3 rings (SSSR count). The molecular weight excluding hydrogens is 246 g/mol. The first-order valence-corrected chi connectivity index (χ1v) is 6.66. The van der Waals surface area contributed by atoms with Crippen molar-refractivity contribution < 1.29 is 0 Å². The second-order valence-corrected chi connectivity index (χ2v) is 4.91. The number of benzene rings is 2. The highest BCUT2D eigenvalue weighted by molar-refractivity contribution is 5.83. The number of nitrogens with one attached hydrogen (secondary N) is 1. The third-order valence-corrected chi connectivity index (χ3v) is 3.48. The SMILES string of the molecule is Cc1cccc(C(NN)c2ccc3ccccc3c2)n1. The molecule has 3 heteroatoms. The van der Waals surface area contributed by atoms with Crippen LogP contribution in [0.15, 0.2) is 60.7 Å².